The van der Waals surface area contributed by atoms with Crippen LogP contribution in [0.5, 0.6) is 0 Å². The quantitative estimate of drug-likeness (QED) is 0.767. The van der Waals surface area contributed by atoms with E-state index in [-0.39, 0.29) is 24.6 Å². The first-order chi connectivity index (χ1) is 8.79. The lowest BCUT2D eigenvalue weighted by Crippen LogP contribution is -2.48. The molecule has 0 aromatic rings. The molecule has 4 unspecified atom stereocenters. The van der Waals surface area contributed by atoms with Gasteiger partial charge >= 0.3 is 0 Å². The number of aliphatic hydroxyl groups is 1. The Balaban J connectivity index is 1.63. The van der Waals surface area contributed by atoms with Crippen molar-refractivity contribution in [1.29, 1.82) is 0 Å². The summed E-state index contributed by atoms with van der Waals surface area (Å²) in [5, 5.41) is 12.9. The Morgan fingerprint density at radius 1 is 1.22 bits per heavy atom. The van der Waals surface area contributed by atoms with Gasteiger partial charge in [0.2, 0.25) is 5.91 Å². The van der Waals surface area contributed by atoms with Crippen LogP contribution in [0.1, 0.15) is 44.9 Å². The van der Waals surface area contributed by atoms with Crippen LogP contribution < -0.4 is 5.32 Å². The Labute approximate surface area is 109 Å². The van der Waals surface area contributed by atoms with E-state index in [2.05, 4.69) is 5.32 Å². The van der Waals surface area contributed by atoms with Gasteiger partial charge in [-0.15, -0.1) is 0 Å². The van der Waals surface area contributed by atoms with Crippen LogP contribution in [0.2, 0.25) is 0 Å². The van der Waals surface area contributed by atoms with Gasteiger partial charge in [0.25, 0.3) is 0 Å². The van der Waals surface area contributed by atoms with Crippen molar-refractivity contribution in [1.82, 2.24) is 10.2 Å². The summed E-state index contributed by atoms with van der Waals surface area (Å²) in [6.07, 6.45) is 8.16. The van der Waals surface area contributed by atoms with Crippen molar-refractivity contribution in [2.24, 2.45) is 5.92 Å². The van der Waals surface area contributed by atoms with Crippen LogP contribution in [0.3, 0.4) is 0 Å². The topological polar surface area (TPSA) is 52.6 Å². The molecule has 2 saturated heterocycles. The van der Waals surface area contributed by atoms with Gasteiger partial charge in [-0.05, 0) is 38.0 Å². The lowest BCUT2D eigenvalue weighted by atomic mass is 9.85. The largest absolute Gasteiger partial charge is 0.394 e. The van der Waals surface area contributed by atoms with Crippen molar-refractivity contribution in [3.63, 3.8) is 0 Å². The zero-order valence-electron chi connectivity index (χ0n) is 11.0. The van der Waals surface area contributed by atoms with Gasteiger partial charge < -0.3 is 15.3 Å². The lowest BCUT2D eigenvalue weighted by Gasteiger charge is -2.26. The fourth-order valence-electron chi connectivity index (χ4n) is 4.03. The summed E-state index contributed by atoms with van der Waals surface area (Å²) in [5.41, 5.74) is 0. The summed E-state index contributed by atoms with van der Waals surface area (Å²) >= 11 is 0. The minimum Gasteiger partial charge on any atom is -0.394 e. The van der Waals surface area contributed by atoms with Gasteiger partial charge in [0.05, 0.1) is 18.7 Å². The molecule has 18 heavy (non-hydrogen) atoms. The number of hydrogen-bond acceptors (Lipinski definition) is 3. The molecular weight excluding hydrogens is 228 g/mol. The first kappa shape index (κ1) is 12.4. The molecule has 4 heteroatoms. The van der Waals surface area contributed by atoms with Crippen molar-refractivity contribution >= 4 is 5.91 Å². The number of amides is 1. The van der Waals surface area contributed by atoms with Gasteiger partial charge in [-0.3, -0.25) is 4.79 Å². The molecule has 0 radical (unpaired) electrons. The highest BCUT2D eigenvalue weighted by Crippen LogP contribution is 2.34. The van der Waals surface area contributed by atoms with E-state index in [1.807, 2.05) is 4.90 Å². The standard InChI is InChI=1S/C14H24N2O2/c17-9-11-5-3-7-16(11)14(18)13-8-10-4-1-2-6-12(10)15-13/h10-13,15,17H,1-9H2. The van der Waals surface area contributed by atoms with Gasteiger partial charge in [-0.2, -0.15) is 0 Å². The molecule has 4 atom stereocenters. The first-order valence-electron chi connectivity index (χ1n) is 7.47. The Morgan fingerprint density at radius 2 is 2.06 bits per heavy atom. The van der Waals surface area contributed by atoms with E-state index in [0.717, 1.165) is 25.8 Å². The number of nitrogens with zero attached hydrogens (tertiary/aromatic N) is 1. The minimum atomic E-state index is 0.0187. The molecule has 3 fully saturated rings. The summed E-state index contributed by atoms with van der Waals surface area (Å²) in [6.45, 7) is 0.947. The van der Waals surface area contributed by atoms with E-state index in [4.69, 9.17) is 0 Å². The van der Waals surface area contributed by atoms with E-state index in [0.29, 0.717) is 12.0 Å². The summed E-state index contributed by atoms with van der Waals surface area (Å²) < 4.78 is 0. The van der Waals surface area contributed by atoms with E-state index in [9.17, 15) is 9.90 Å². The van der Waals surface area contributed by atoms with Crippen LogP contribution in [-0.4, -0.2) is 47.2 Å². The molecule has 2 N–H and O–H groups in total. The molecule has 0 aromatic carbocycles. The molecule has 1 aliphatic carbocycles. The molecule has 2 heterocycles. The molecule has 0 spiro atoms. The third-order valence-corrected chi connectivity index (χ3v) is 5.03. The molecule has 3 aliphatic rings. The van der Waals surface area contributed by atoms with Crippen LogP contribution in [0, 0.1) is 5.92 Å². The SMILES string of the molecule is O=C(C1CC2CCCCC2N1)N1CCCC1CO. The fourth-order valence-corrected chi connectivity index (χ4v) is 4.03. The Bertz CT molecular complexity index is 307. The first-order valence-corrected chi connectivity index (χ1v) is 7.47. The smallest absolute Gasteiger partial charge is 0.240 e. The molecule has 3 rings (SSSR count). The molecule has 102 valence electrons. The van der Waals surface area contributed by atoms with E-state index < -0.39 is 0 Å². The Kier molecular flexibility index (Phi) is 3.57. The maximum absolute atomic E-state index is 12.5. The molecule has 1 amide bonds. The predicted molar refractivity (Wildman–Crippen MR) is 69.1 cm³/mol. The second-order valence-electron chi connectivity index (χ2n) is 6.12. The van der Waals surface area contributed by atoms with Crippen molar-refractivity contribution < 1.29 is 9.90 Å². The molecule has 2 aliphatic heterocycles. The third kappa shape index (κ3) is 2.16. The van der Waals surface area contributed by atoms with Crippen molar-refractivity contribution in [3.05, 3.63) is 0 Å². The van der Waals surface area contributed by atoms with Crippen LogP contribution in [0.15, 0.2) is 0 Å². The summed E-state index contributed by atoms with van der Waals surface area (Å²) in [5.74, 6) is 0.948. The van der Waals surface area contributed by atoms with Crippen LogP contribution in [0.4, 0.5) is 0 Å². The average molecular weight is 252 g/mol. The number of hydrogen-bond donors (Lipinski definition) is 2. The molecule has 4 nitrogen and oxygen atoms in total. The number of nitrogens with one attached hydrogen (secondary N) is 1. The second kappa shape index (κ2) is 5.17. The third-order valence-electron chi connectivity index (χ3n) is 5.03. The number of carbonyl (C=O) groups is 1. The van der Waals surface area contributed by atoms with Crippen LogP contribution in [0.25, 0.3) is 0 Å². The number of rotatable bonds is 2. The zero-order valence-corrected chi connectivity index (χ0v) is 11.0. The molecule has 1 saturated carbocycles. The maximum atomic E-state index is 12.5. The Morgan fingerprint density at radius 3 is 2.83 bits per heavy atom. The second-order valence-corrected chi connectivity index (χ2v) is 6.12. The van der Waals surface area contributed by atoms with Gasteiger partial charge in [0, 0.05) is 12.6 Å². The van der Waals surface area contributed by atoms with Crippen molar-refractivity contribution in [3.8, 4) is 0 Å². The van der Waals surface area contributed by atoms with Crippen LogP contribution >= 0.6 is 0 Å². The van der Waals surface area contributed by atoms with E-state index in [1.54, 1.807) is 0 Å². The van der Waals surface area contributed by atoms with Crippen molar-refractivity contribution in [2.75, 3.05) is 13.2 Å². The van der Waals surface area contributed by atoms with Crippen LogP contribution in [-0.2, 0) is 4.79 Å². The number of carbonyl (C=O) groups excluding carboxylic acids is 1. The Hall–Kier alpha value is -0.610. The summed E-state index contributed by atoms with van der Waals surface area (Å²) in [7, 11) is 0. The van der Waals surface area contributed by atoms with Gasteiger partial charge in [-0.25, -0.2) is 0 Å². The predicted octanol–water partition coefficient (Wildman–Crippen LogP) is 0.890. The molecular formula is C14H24N2O2. The minimum absolute atomic E-state index is 0.0187. The average Bonchev–Trinajstić information content (AvgIpc) is 3.03. The van der Waals surface area contributed by atoms with Gasteiger partial charge in [-0.1, -0.05) is 12.8 Å². The van der Waals surface area contributed by atoms with Gasteiger partial charge in [0.15, 0.2) is 0 Å². The summed E-state index contributed by atoms with van der Waals surface area (Å²) in [6, 6.07) is 0.662. The number of fused-ring (bicyclic) bond motifs is 1. The van der Waals surface area contributed by atoms with Gasteiger partial charge in [0.1, 0.15) is 0 Å². The molecule has 0 aromatic heterocycles. The molecule has 0 bridgehead atoms. The highest BCUT2D eigenvalue weighted by molar-refractivity contribution is 5.83. The number of likely N-dealkylation sites (tertiary alicyclic amines) is 1. The zero-order chi connectivity index (χ0) is 12.5. The highest BCUT2D eigenvalue weighted by Gasteiger charge is 2.41. The maximum Gasteiger partial charge on any atom is 0.240 e. The normalized spacial score (nSPS) is 39.9. The highest BCUT2D eigenvalue weighted by atomic mass is 16.3. The lowest BCUT2D eigenvalue weighted by molar-refractivity contribution is -0.134. The monoisotopic (exact) mass is 252 g/mol. The summed E-state index contributed by atoms with van der Waals surface area (Å²) in [4.78, 5) is 14.4. The van der Waals surface area contributed by atoms with E-state index >= 15 is 0 Å². The van der Waals surface area contributed by atoms with Crippen molar-refractivity contribution in [2.45, 2.75) is 63.1 Å². The van der Waals surface area contributed by atoms with E-state index in [1.165, 1.54) is 25.7 Å². The number of aliphatic hydroxyl groups excluding tert-OH is 1. The fraction of sp³-hybridized carbons (Fsp3) is 0.929.